The number of hydrogen-bond acceptors (Lipinski definition) is 4. The van der Waals surface area contributed by atoms with E-state index in [0.29, 0.717) is 43.3 Å². The summed E-state index contributed by atoms with van der Waals surface area (Å²) in [5.41, 5.74) is 1.05. The van der Waals surface area contributed by atoms with Crippen molar-refractivity contribution in [3.05, 3.63) is 23.8 Å². The lowest BCUT2D eigenvalue weighted by molar-refractivity contribution is -0.138. The molecule has 2 amide bonds. The topological polar surface area (TPSA) is 59.1 Å². The highest BCUT2D eigenvalue weighted by Crippen LogP contribution is 2.29. The highest BCUT2D eigenvalue weighted by molar-refractivity contribution is 5.80. The fourth-order valence-electron chi connectivity index (χ4n) is 3.75. The van der Waals surface area contributed by atoms with Crippen LogP contribution in [-0.2, 0) is 16.0 Å². The van der Waals surface area contributed by atoms with Gasteiger partial charge in [0.05, 0.1) is 14.2 Å². The van der Waals surface area contributed by atoms with Gasteiger partial charge in [0.1, 0.15) is 0 Å². The molecule has 2 fully saturated rings. The second-order valence-electron chi connectivity index (χ2n) is 7.38. The van der Waals surface area contributed by atoms with Gasteiger partial charge in [-0.05, 0) is 43.4 Å². The molecule has 2 aliphatic rings. The summed E-state index contributed by atoms with van der Waals surface area (Å²) < 4.78 is 10.6. The molecule has 0 radical (unpaired) electrons. The van der Waals surface area contributed by atoms with Crippen LogP contribution in [0.1, 0.15) is 37.7 Å². The molecule has 1 saturated carbocycles. The summed E-state index contributed by atoms with van der Waals surface area (Å²) in [4.78, 5) is 29.0. The Labute approximate surface area is 161 Å². The zero-order chi connectivity index (χ0) is 19.2. The lowest BCUT2D eigenvalue weighted by Gasteiger charge is -2.31. The first-order chi connectivity index (χ1) is 13.1. The first-order valence-corrected chi connectivity index (χ1v) is 9.90. The monoisotopic (exact) mass is 374 g/mol. The number of methoxy groups -OCH3 is 2. The number of carbonyl (C=O) groups excluding carboxylic acids is 2. The summed E-state index contributed by atoms with van der Waals surface area (Å²) in [5, 5.41) is 0. The fraction of sp³-hybridized carbons (Fsp3) is 0.619. The molecule has 0 unspecified atom stereocenters. The second-order valence-corrected chi connectivity index (χ2v) is 7.38. The average molecular weight is 374 g/mol. The van der Waals surface area contributed by atoms with Crippen LogP contribution in [0.5, 0.6) is 11.5 Å². The minimum atomic E-state index is 0.155. The third kappa shape index (κ3) is 4.73. The van der Waals surface area contributed by atoms with Gasteiger partial charge in [-0.2, -0.15) is 0 Å². The molecule has 0 spiro atoms. The number of amides is 2. The average Bonchev–Trinajstić information content (AvgIpc) is 2.90. The van der Waals surface area contributed by atoms with Gasteiger partial charge in [-0.1, -0.05) is 12.5 Å². The normalized spacial score (nSPS) is 17.9. The van der Waals surface area contributed by atoms with Crippen molar-refractivity contribution in [1.82, 2.24) is 9.80 Å². The van der Waals surface area contributed by atoms with Crippen LogP contribution in [0.15, 0.2) is 18.2 Å². The predicted octanol–water partition coefficient (Wildman–Crippen LogP) is 2.50. The molecule has 1 saturated heterocycles. The van der Waals surface area contributed by atoms with Crippen molar-refractivity contribution < 1.29 is 19.1 Å². The largest absolute Gasteiger partial charge is 0.493 e. The molecule has 1 aliphatic carbocycles. The van der Waals surface area contributed by atoms with Gasteiger partial charge in [0.15, 0.2) is 11.5 Å². The van der Waals surface area contributed by atoms with E-state index in [2.05, 4.69) is 0 Å². The molecule has 0 N–H and O–H groups in total. The van der Waals surface area contributed by atoms with Crippen molar-refractivity contribution in [2.75, 3.05) is 40.4 Å². The van der Waals surface area contributed by atoms with E-state index in [1.807, 2.05) is 28.0 Å². The van der Waals surface area contributed by atoms with Crippen LogP contribution in [-0.4, -0.2) is 62.0 Å². The van der Waals surface area contributed by atoms with Gasteiger partial charge in [0.2, 0.25) is 11.8 Å². The molecule has 6 nitrogen and oxygen atoms in total. The number of ether oxygens (including phenoxy) is 2. The molecule has 0 aromatic heterocycles. The zero-order valence-electron chi connectivity index (χ0n) is 16.4. The van der Waals surface area contributed by atoms with E-state index in [4.69, 9.17) is 9.47 Å². The third-order valence-corrected chi connectivity index (χ3v) is 5.69. The number of hydrogen-bond donors (Lipinski definition) is 0. The molecule has 3 rings (SSSR count). The Balaban J connectivity index is 1.50. The molecule has 1 aromatic rings. The van der Waals surface area contributed by atoms with Crippen molar-refractivity contribution in [2.24, 2.45) is 5.92 Å². The fourth-order valence-corrected chi connectivity index (χ4v) is 3.75. The van der Waals surface area contributed by atoms with Gasteiger partial charge in [-0.3, -0.25) is 9.59 Å². The van der Waals surface area contributed by atoms with Gasteiger partial charge in [0.25, 0.3) is 0 Å². The first-order valence-electron chi connectivity index (χ1n) is 9.90. The Kier molecular flexibility index (Phi) is 6.58. The maximum atomic E-state index is 12.6. The van der Waals surface area contributed by atoms with Crippen LogP contribution in [0, 0.1) is 5.92 Å². The summed E-state index contributed by atoms with van der Waals surface area (Å²) in [6, 6.07) is 5.76. The van der Waals surface area contributed by atoms with Crippen LogP contribution in [0.25, 0.3) is 0 Å². The van der Waals surface area contributed by atoms with Crippen LogP contribution >= 0.6 is 0 Å². The van der Waals surface area contributed by atoms with Crippen LogP contribution in [0.4, 0.5) is 0 Å². The second kappa shape index (κ2) is 9.11. The summed E-state index contributed by atoms with van der Waals surface area (Å²) in [5.74, 6) is 2.06. The summed E-state index contributed by atoms with van der Waals surface area (Å²) >= 11 is 0. The van der Waals surface area contributed by atoms with E-state index in [-0.39, 0.29) is 11.8 Å². The molecule has 1 aliphatic heterocycles. The zero-order valence-corrected chi connectivity index (χ0v) is 16.4. The van der Waals surface area contributed by atoms with Crippen LogP contribution < -0.4 is 9.47 Å². The molecule has 6 heteroatoms. The molecule has 148 valence electrons. The number of benzene rings is 1. The Bertz CT molecular complexity index is 672. The van der Waals surface area contributed by atoms with E-state index in [1.165, 1.54) is 6.42 Å². The maximum absolute atomic E-state index is 12.6. The molecule has 1 heterocycles. The van der Waals surface area contributed by atoms with E-state index >= 15 is 0 Å². The van der Waals surface area contributed by atoms with Crippen molar-refractivity contribution in [3.63, 3.8) is 0 Å². The van der Waals surface area contributed by atoms with Gasteiger partial charge in [-0.25, -0.2) is 0 Å². The Morgan fingerprint density at radius 3 is 2.33 bits per heavy atom. The van der Waals surface area contributed by atoms with Gasteiger partial charge >= 0.3 is 0 Å². The summed E-state index contributed by atoms with van der Waals surface area (Å²) in [7, 11) is 3.22. The predicted molar refractivity (Wildman–Crippen MR) is 103 cm³/mol. The van der Waals surface area contributed by atoms with Gasteiger partial charge < -0.3 is 19.3 Å². The van der Waals surface area contributed by atoms with Crippen molar-refractivity contribution in [3.8, 4) is 11.5 Å². The minimum absolute atomic E-state index is 0.155. The van der Waals surface area contributed by atoms with Crippen molar-refractivity contribution >= 4 is 11.8 Å². The number of aryl methyl sites for hydroxylation is 1. The Hall–Kier alpha value is -2.24. The smallest absolute Gasteiger partial charge is 0.225 e. The lowest BCUT2D eigenvalue weighted by atomic mass is 9.84. The first kappa shape index (κ1) is 19.5. The maximum Gasteiger partial charge on any atom is 0.225 e. The van der Waals surface area contributed by atoms with Gasteiger partial charge in [0, 0.05) is 38.5 Å². The highest BCUT2D eigenvalue weighted by atomic mass is 16.5. The SMILES string of the molecule is COc1ccc(CCC(=O)N2CCCN(C(=O)C3CCC3)CC2)cc1OC. The van der Waals surface area contributed by atoms with E-state index in [9.17, 15) is 9.59 Å². The lowest BCUT2D eigenvalue weighted by Crippen LogP contribution is -2.41. The summed E-state index contributed by atoms with van der Waals surface area (Å²) in [6.07, 6.45) is 5.23. The van der Waals surface area contributed by atoms with Crippen molar-refractivity contribution in [1.29, 1.82) is 0 Å². The number of nitrogens with zero attached hydrogens (tertiary/aromatic N) is 2. The van der Waals surface area contributed by atoms with E-state index in [1.54, 1.807) is 14.2 Å². The molecular formula is C21H30N2O4. The summed E-state index contributed by atoms with van der Waals surface area (Å²) in [6.45, 7) is 2.81. The molecular weight excluding hydrogens is 344 g/mol. The van der Waals surface area contributed by atoms with E-state index < -0.39 is 0 Å². The van der Waals surface area contributed by atoms with Gasteiger partial charge in [-0.15, -0.1) is 0 Å². The molecule has 0 bridgehead atoms. The number of carbonyl (C=O) groups is 2. The number of rotatable bonds is 6. The minimum Gasteiger partial charge on any atom is -0.493 e. The standard InChI is InChI=1S/C21H30N2O4/c1-26-18-9-7-16(15-19(18)27-2)8-10-20(24)22-11-4-12-23(14-13-22)21(25)17-5-3-6-17/h7,9,15,17H,3-6,8,10-14H2,1-2H3. The van der Waals surface area contributed by atoms with E-state index in [0.717, 1.165) is 37.9 Å². The highest BCUT2D eigenvalue weighted by Gasteiger charge is 2.30. The third-order valence-electron chi connectivity index (χ3n) is 5.69. The molecule has 1 aromatic carbocycles. The Morgan fingerprint density at radius 2 is 1.67 bits per heavy atom. The molecule has 27 heavy (non-hydrogen) atoms. The quantitative estimate of drug-likeness (QED) is 0.768. The van der Waals surface area contributed by atoms with Crippen LogP contribution in [0.3, 0.4) is 0 Å². The van der Waals surface area contributed by atoms with Crippen LogP contribution in [0.2, 0.25) is 0 Å². The molecule has 0 atom stereocenters. The Morgan fingerprint density at radius 1 is 0.963 bits per heavy atom. The van der Waals surface area contributed by atoms with Crippen molar-refractivity contribution in [2.45, 2.75) is 38.5 Å².